The van der Waals surface area contributed by atoms with Crippen molar-refractivity contribution >= 4 is 0 Å². The van der Waals surface area contributed by atoms with Gasteiger partial charge in [0.05, 0.1) is 25.9 Å². The second-order valence-electron chi connectivity index (χ2n) is 6.46. The standard InChI is InChI=1S/C15H30N2O2/c1-14-3-2-4-15(13-14)17-7-5-16(6-8-17)9-11-19-12-10-18/h14-15,18H,2-13H2,1H3/p+2/t14-,15+/m0/s1. The van der Waals surface area contributed by atoms with E-state index < -0.39 is 0 Å². The molecule has 0 aromatic heterocycles. The second kappa shape index (κ2) is 8.20. The van der Waals surface area contributed by atoms with Gasteiger partial charge in [0.1, 0.15) is 32.7 Å². The third-order valence-corrected chi connectivity index (χ3v) is 4.95. The second-order valence-corrected chi connectivity index (χ2v) is 6.46. The summed E-state index contributed by atoms with van der Waals surface area (Å²) in [5.41, 5.74) is 0. The van der Waals surface area contributed by atoms with Crippen LogP contribution in [0.4, 0.5) is 0 Å². The maximum Gasteiger partial charge on any atom is 0.127 e. The van der Waals surface area contributed by atoms with Crippen molar-refractivity contribution in [2.45, 2.75) is 38.6 Å². The Kier molecular flexibility index (Phi) is 6.57. The van der Waals surface area contributed by atoms with Crippen LogP contribution >= 0.6 is 0 Å². The molecule has 19 heavy (non-hydrogen) atoms. The first kappa shape index (κ1) is 15.2. The van der Waals surface area contributed by atoms with Gasteiger partial charge >= 0.3 is 0 Å². The minimum Gasteiger partial charge on any atom is -0.394 e. The van der Waals surface area contributed by atoms with Crippen molar-refractivity contribution in [1.29, 1.82) is 0 Å². The third kappa shape index (κ3) is 5.03. The van der Waals surface area contributed by atoms with E-state index in [4.69, 9.17) is 9.84 Å². The molecule has 1 aliphatic carbocycles. The molecule has 112 valence electrons. The molecule has 0 unspecified atom stereocenters. The molecule has 2 atom stereocenters. The molecule has 2 aliphatic rings. The predicted octanol–water partition coefficient (Wildman–Crippen LogP) is -1.64. The first-order chi connectivity index (χ1) is 9.29. The van der Waals surface area contributed by atoms with E-state index in [2.05, 4.69) is 6.92 Å². The summed E-state index contributed by atoms with van der Waals surface area (Å²) < 4.78 is 5.37. The van der Waals surface area contributed by atoms with Crippen molar-refractivity contribution < 1.29 is 19.6 Å². The number of rotatable bonds is 6. The minimum atomic E-state index is 0.146. The molecular weight excluding hydrogens is 240 g/mol. The van der Waals surface area contributed by atoms with Gasteiger partial charge in [-0.3, -0.25) is 0 Å². The zero-order valence-electron chi connectivity index (χ0n) is 12.5. The predicted molar refractivity (Wildman–Crippen MR) is 75.6 cm³/mol. The lowest BCUT2D eigenvalue weighted by molar-refractivity contribution is -1.02. The Hall–Kier alpha value is -0.160. The fourth-order valence-electron chi connectivity index (χ4n) is 3.77. The Balaban J connectivity index is 1.62. The van der Waals surface area contributed by atoms with E-state index >= 15 is 0 Å². The summed E-state index contributed by atoms with van der Waals surface area (Å²) in [6.45, 7) is 10.2. The van der Waals surface area contributed by atoms with Crippen LogP contribution in [0, 0.1) is 5.92 Å². The first-order valence-corrected chi connectivity index (χ1v) is 8.16. The first-order valence-electron chi connectivity index (χ1n) is 8.16. The Morgan fingerprint density at radius 1 is 1.11 bits per heavy atom. The average Bonchev–Trinajstić information content (AvgIpc) is 2.44. The monoisotopic (exact) mass is 272 g/mol. The SMILES string of the molecule is C[C@H]1CCC[C@@H]([NH+]2CC[NH+](CCOCCO)CC2)C1. The number of nitrogens with one attached hydrogen (secondary N) is 2. The minimum absolute atomic E-state index is 0.146. The lowest BCUT2D eigenvalue weighted by Crippen LogP contribution is -3.29. The van der Waals surface area contributed by atoms with Crippen LogP contribution in [0.2, 0.25) is 0 Å². The number of piperazine rings is 1. The van der Waals surface area contributed by atoms with E-state index in [1.807, 2.05) is 4.90 Å². The average molecular weight is 272 g/mol. The highest BCUT2D eigenvalue weighted by Crippen LogP contribution is 2.21. The van der Waals surface area contributed by atoms with E-state index in [9.17, 15) is 0 Å². The highest BCUT2D eigenvalue weighted by atomic mass is 16.5. The lowest BCUT2D eigenvalue weighted by Gasteiger charge is -2.37. The topological polar surface area (TPSA) is 38.3 Å². The molecule has 1 aliphatic heterocycles. The summed E-state index contributed by atoms with van der Waals surface area (Å²) in [4.78, 5) is 3.55. The molecule has 2 rings (SSSR count). The smallest absolute Gasteiger partial charge is 0.127 e. The Bertz CT molecular complexity index is 242. The molecule has 2 fully saturated rings. The van der Waals surface area contributed by atoms with Gasteiger partial charge in [0, 0.05) is 6.42 Å². The van der Waals surface area contributed by atoms with E-state index in [1.165, 1.54) is 51.9 Å². The number of hydrogen-bond acceptors (Lipinski definition) is 2. The Morgan fingerprint density at radius 3 is 2.58 bits per heavy atom. The summed E-state index contributed by atoms with van der Waals surface area (Å²) in [5, 5.41) is 8.67. The van der Waals surface area contributed by atoms with Crippen LogP contribution in [0.3, 0.4) is 0 Å². The van der Waals surface area contributed by atoms with Crippen molar-refractivity contribution in [1.82, 2.24) is 0 Å². The fraction of sp³-hybridized carbons (Fsp3) is 1.00. The highest BCUT2D eigenvalue weighted by Gasteiger charge is 2.31. The van der Waals surface area contributed by atoms with Crippen LogP contribution in [-0.4, -0.2) is 63.7 Å². The summed E-state index contributed by atoms with van der Waals surface area (Å²) in [6.07, 6.45) is 5.79. The Morgan fingerprint density at radius 2 is 1.89 bits per heavy atom. The lowest BCUT2D eigenvalue weighted by atomic mass is 9.86. The quantitative estimate of drug-likeness (QED) is 0.507. The molecule has 1 heterocycles. The van der Waals surface area contributed by atoms with Gasteiger partial charge in [-0.1, -0.05) is 13.3 Å². The van der Waals surface area contributed by atoms with Gasteiger partial charge in [-0.15, -0.1) is 0 Å². The maximum atomic E-state index is 8.67. The molecule has 0 radical (unpaired) electrons. The molecule has 0 amide bonds. The van der Waals surface area contributed by atoms with Crippen LogP contribution in [0.5, 0.6) is 0 Å². The number of aliphatic hydroxyl groups excluding tert-OH is 1. The van der Waals surface area contributed by atoms with E-state index in [-0.39, 0.29) is 6.61 Å². The zero-order valence-corrected chi connectivity index (χ0v) is 12.5. The third-order valence-electron chi connectivity index (χ3n) is 4.95. The van der Waals surface area contributed by atoms with Gasteiger partial charge in [0.25, 0.3) is 0 Å². The Labute approximate surface area is 117 Å². The number of ether oxygens (including phenoxy) is 1. The van der Waals surface area contributed by atoms with Crippen molar-refractivity contribution in [3.63, 3.8) is 0 Å². The van der Waals surface area contributed by atoms with Crippen LogP contribution in [0.15, 0.2) is 0 Å². The van der Waals surface area contributed by atoms with E-state index in [0.29, 0.717) is 6.61 Å². The molecule has 0 aromatic carbocycles. The largest absolute Gasteiger partial charge is 0.394 e. The van der Waals surface area contributed by atoms with Gasteiger partial charge in [0.15, 0.2) is 0 Å². The van der Waals surface area contributed by atoms with Gasteiger partial charge in [-0.2, -0.15) is 0 Å². The molecular formula is C15H32N2O2+2. The maximum absolute atomic E-state index is 8.67. The molecule has 1 saturated carbocycles. The summed E-state index contributed by atoms with van der Waals surface area (Å²) >= 11 is 0. The van der Waals surface area contributed by atoms with E-state index in [0.717, 1.165) is 25.1 Å². The molecule has 0 bridgehead atoms. The van der Waals surface area contributed by atoms with Gasteiger partial charge in [-0.25, -0.2) is 0 Å². The molecule has 0 spiro atoms. The fourth-order valence-corrected chi connectivity index (χ4v) is 3.77. The van der Waals surface area contributed by atoms with Crippen molar-refractivity contribution in [2.24, 2.45) is 5.92 Å². The van der Waals surface area contributed by atoms with Crippen LogP contribution in [-0.2, 0) is 4.74 Å². The molecule has 4 heteroatoms. The van der Waals surface area contributed by atoms with Crippen LogP contribution in [0.25, 0.3) is 0 Å². The summed E-state index contributed by atoms with van der Waals surface area (Å²) in [5.74, 6) is 0.948. The molecule has 4 nitrogen and oxygen atoms in total. The normalized spacial score (nSPS) is 36.3. The summed E-state index contributed by atoms with van der Waals surface area (Å²) in [6, 6.07) is 0.941. The molecule has 0 aromatic rings. The van der Waals surface area contributed by atoms with Gasteiger partial charge < -0.3 is 19.6 Å². The van der Waals surface area contributed by atoms with Crippen LogP contribution < -0.4 is 9.80 Å². The zero-order chi connectivity index (χ0) is 13.5. The molecule has 3 N–H and O–H groups in total. The summed E-state index contributed by atoms with van der Waals surface area (Å²) in [7, 11) is 0. The van der Waals surface area contributed by atoms with Gasteiger partial charge in [-0.05, 0) is 18.8 Å². The number of hydrogen-bond donors (Lipinski definition) is 3. The number of aliphatic hydroxyl groups is 1. The van der Waals surface area contributed by atoms with Gasteiger partial charge in [0.2, 0.25) is 0 Å². The molecule has 1 saturated heterocycles. The highest BCUT2D eigenvalue weighted by molar-refractivity contribution is 4.69. The van der Waals surface area contributed by atoms with Crippen molar-refractivity contribution in [3.05, 3.63) is 0 Å². The van der Waals surface area contributed by atoms with Crippen LogP contribution in [0.1, 0.15) is 32.6 Å². The number of quaternary nitrogens is 2. The van der Waals surface area contributed by atoms with E-state index in [1.54, 1.807) is 4.90 Å². The van der Waals surface area contributed by atoms with Crippen molar-refractivity contribution in [2.75, 3.05) is 52.5 Å². The van der Waals surface area contributed by atoms with Crippen molar-refractivity contribution in [3.8, 4) is 0 Å².